The van der Waals surface area contributed by atoms with Gasteiger partial charge < -0.3 is 19.3 Å². The lowest BCUT2D eigenvalue weighted by Crippen LogP contribution is -2.52. The molecule has 0 saturated carbocycles. The van der Waals surface area contributed by atoms with Crippen molar-refractivity contribution in [2.24, 2.45) is 5.92 Å². The Morgan fingerprint density at radius 1 is 1.07 bits per heavy atom. The second kappa shape index (κ2) is 9.85. The first-order valence-corrected chi connectivity index (χ1v) is 11.3. The third-order valence-corrected chi connectivity index (χ3v) is 6.71. The third kappa shape index (κ3) is 5.66. The van der Waals surface area contributed by atoms with E-state index in [1.54, 1.807) is 18.9 Å². The number of thioether (sulfide) groups is 1. The zero-order valence-electron chi connectivity index (χ0n) is 17.8. The Balaban J connectivity index is 1.48. The molecule has 6 nitrogen and oxygen atoms in total. The number of hydrogen-bond donors (Lipinski definition) is 0. The van der Waals surface area contributed by atoms with Crippen LogP contribution in [-0.2, 0) is 14.3 Å². The number of benzene rings is 1. The lowest BCUT2D eigenvalue weighted by Gasteiger charge is -2.39. The number of likely N-dealkylation sites (tertiary alicyclic amines) is 1. The van der Waals surface area contributed by atoms with Crippen LogP contribution < -0.4 is 4.74 Å². The molecule has 2 aliphatic heterocycles. The second-order valence-corrected chi connectivity index (χ2v) is 9.45. The Hall–Kier alpha value is -1.73. The van der Waals surface area contributed by atoms with Crippen LogP contribution in [-0.4, -0.2) is 72.4 Å². The van der Waals surface area contributed by atoms with Crippen molar-refractivity contribution in [1.82, 2.24) is 9.80 Å². The van der Waals surface area contributed by atoms with Crippen molar-refractivity contribution >= 4 is 23.6 Å². The Morgan fingerprint density at radius 3 is 2.21 bits per heavy atom. The van der Waals surface area contributed by atoms with Gasteiger partial charge in [0.2, 0.25) is 11.8 Å². The zero-order chi connectivity index (χ0) is 21.0. The molecule has 2 heterocycles. The minimum atomic E-state index is -0.156. The average molecular weight is 421 g/mol. The quantitative estimate of drug-likeness (QED) is 0.686. The molecule has 2 fully saturated rings. The summed E-state index contributed by atoms with van der Waals surface area (Å²) in [5.74, 6) is 1.19. The molecule has 1 aromatic rings. The highest BCUT2D eigenvalue weighted by Crippen LogP contribution is 2.28. The molecular formula is C22H32N2O4S. The highest BCUT2D eigenvalue weighted by atomic mass is 32.2. The van der Waals surface area contributed by atoms with E-state index >= 15 is 0 Å². The van der Waals surface area contributed by atoms with Crippen molar-refractivity contribution in [3.05, 3.63) is 24.3 Å². The van der Waals surface area contributed by atoms with Gasteiger partial charge >= 0.3 is 0 Å². The highest BCUT2D eigenvalue weighted by Gasteiger charge is 2.34. The van der Waals surface area contributed by atoms with Gasteiger partial charge in [-0.25, -0.2) is 0 Å². The molecule has 2 amide bonds. The molecule has 0 N–H and O–H groups in total. The van der Waals surface area contributed by atoms with Gasteiger partial charge in [0.05, 0.1) is 24.6 Å². The number of nitrogens with zero attached hydrogens (tertiary/aromatic N) is 2. The van der Waals surface area contributed by atoms with Gasteiger partial charge in [-0.1, -0.05) is 0 Å². The summed E-state index contributed by atoms with van der Waals surface area (Å²) in [5.41, 5.74) is 0. The van der Waals surface area contributed by atoms with E-state index < -0.39 is 0 Å². The van der Waals surface area contributed by atoms with Crippen LogP contribution in [0.3, 0.4) is 0 Å². The third-order valence-electron chi connectivity index (χ3n) is 5.61. The van der Waals surface area contributed by atoms with Gasteiger partial charge in [0, 0.05) is 37.0 Å². The number of methoxy groups -OCH3 is 1. The van der Waals surface area contributed by atoms with Crippen LogP contribution in [0.2, 0.25) is 0 Å². The number of amides is 2. The first-order chi connectivity index (χ1) is 13.9. The Bertz CT molecular complexity index is 693. The topological polar surface area (TPSA) is 59.1 Å². The van der Waals surface area contributed by atoms with Gasteiger partial charge in [-0.05, 0) is 57.9 Å². The monoisotopic (exact) mass is 420 g/mol. The summed E-state index contributed by atoms with van der Waals surface area (Å²) < 4.78 is 10.9. The number of ether oxygens (including phenoxy) is 2. The van der Waals surface area contributed by atoms with E-state index in [0.29, 0.717) is 26.2 Å². The van der Waals surface area contributed by atoms with Gasteiger partial charge in [-0.2, -0.15) is 0 Å². The van der Waals surface area contributed by atoms with E-state index in [-0.39, 0.29) is 35.2 Å². The predicted molar refractivity (Wildman–Crippen MR) is 114 cm³/mol. The first-order valence-electron chi connectivity index (χ1n) is 10.4. The summed E-state index contributed by atoms with van der Waals surface area (Å²) >= 11 is 1.56. The molecule has 3 atom stereocenters. The SMILES string of the molecule is COc1ccc(SC(C)C(=O)N2CCC(C(=O)N3CC(C)OC(C)C3)CC2)cc1. The molecule has 7 heteroatoms. The fourth-order valence-corrected chi connectivity index (χ4v) is 5.08. The van der Waals surface area contributed by atoms with Crippen molar-refractivity contribution in [2.45, 2.75) is 56.0 Å². The summed E-state index contributed by atoms with van der Waals surface area (Å²) in [6.07, 6.45) is 1.65. The fourth-order valence-electron chi connectivity index (χ4n) is 4.13. The molecule has 0 aromatic heterocycles. The van der Waals surface area contributed by atoms with E-state index in [1.807, 2.05) is 54.8 Å². The average Bonchev–Trinajstić information content (AvgIpc) is 2.72. The lowest BCUT2D eigenvalue weighted by atomic mass is 9.94. The van der Waals surface area contributed by atoms with Crippen LogP contribution >= 0.6 is 11.8 Å². The maximum Gasteiger partial charge on any atom is 0.235 e. The number of carbonyl (C=O) groups is 2. The minimum Gasteiger partial charge on any atom is -0.497 e. The number of carbonyl (C=O) groups excluding carboxylic acids is 2. The van der Waals surface area contributed by atoms with E-state index in [9.17, 15) is 9.59 Å². The van der Waals surface area contributed by atoms with Crippen molar-refractivity contribution in [3.63, 3.8) is 0 Å². The molecule has 0 radical (unpaired) electrons. The van der Waals surface area contributed by atoms with E-state index in [2.05, 4.69) is 0 Å². The predicted octanol–water partition coefficient (Wildman–Crippen LogP) is 3.05. The Labute approximate surface area is 177 Å². The molecule has 0 spiro atoms. The van der Waals surface area contributed by atoms with Gasteiger partial charge in [0.25, 0.3) is 0 Å². The molecular weight excluding hydrogens is 388 g/mol. The lowest BCUT2D eigenvalue weighted by molar-refractivity contribution is -0.150. The van der Waals surface area contributed by atoms with Gasteiger partial charge in [-0.15, -0.1) is 11.8 Å². The Kier molecular flexibility index (Phi) is 7.46. The standard InChI is InChI=1S/C22H32N2O4S/c1-15-13-24(14-16(2)28-15)22(26)18-9-11-23(12-10-18)21(25)17(3)29-20-7-5-19(27-4)6-8-20/h5-8,15-18H,9-14H2,1-4H3. The van der Waals surface area contributed by atoms with Crippen LogP contribution in [0.1, 0.15) is 33.6 Å². The smallest absolute Gasteiger partial charge is 0.235 e. The molecule has 1 aromatic carbocycles. The van der Waals surface area contributed by atoms with E-state index in [0.717, 1.165) is 23.5 Å². The largest absolute Gasteiger partial charge is 0.497 e. The summed E-state index contributed by atoms with van der Waals surface area (Å²) in [5, 5.41) is -0.156. The maximum atomic E-state index is 12.9. The van der Waals surface area contributed by atoms with Crippen molar-refractivity contribution in [1.29, 1.82) is 0 Å². The summed E-state index contributed by atoms with van der Waals surface area (Å²) in [4.78, 5) is 30.7. The minimum absolute atomic E-state index is 0.0149. The second-order valence-electron chi connectivity index (χ2n) is 8.04. The van der Waals surface area contributed by atoms with Gasteiger partial charge in [-0.3, -0.25) is 9.59 Å². The molecule has 3 unspecified atom stereocenters. The molecule has 0 aliphatic carbocycles. The normalized spacial score (nSPS) is 24.3. The molecule has 0 bridgehead atoms. The van der Waals surface area contributed by atoms with Crippen LogP contribution in [0.15, 0.2) is 29.2 Å². The number of rotatable bonds is 5. The first kappa shape index (κ1) is 22.0. The summed E-state index contributed by atoms with van der Waals surface area (Å²) in [6, 6.07) is 7.76. The fraction of sp³-hybridized carbons (Fsp3) is 0.636. The van der Waals surface area contributed by atoms with Crippen LogP contribution in [0.5, 0.6) is 5.75 Å². The maximum absolute atomic E-state index is 12.9. The van der Waals surface area contributed by atoms with Crippen LogP contribution in [0.25, 0.3) is 0 Å². The van der Waals surface area contributed by atoms with Crippen LogP contribution in [0, 0.1) is 5.92 Å². The van der Waals surface area contributed by atoms with Crippen molar-refractivity contribution in [3.8, 4) is 5.75 Å². The molecule has 160 valence electrons. The highest BCUT2D eigenvalue weighted by molar-refractivity contribution is 8.00. The number of morpholine rings is 1. The van der Waals surface area contributed by atoms with Gasteiger partial charge in [0.15, 0.2) is 0 Å². The number of piperidine rings is 1. The van der Waals surface area contributed by atoms with Gasteiger partial charge in [0.1, 0.15) is 5.75 Å². The zero-order valence-corrected chi connectivity index (χ0v) is 18.6. The molecule has 29 heavy (non-hydrogen) atoms. The van der Waals surface area contributed by atoms with Crippen molar-refractivity contribution < 1.29 is 19.1 Å². The van der Waals surface area contributed by atoms with E-state index in [4.69, 9.17) is 9.47 Å². The molecule has 2 saturated heterocycles. The number of hydrogen-bond acceptors (Lipinski definition) is 5. The molecule has 2 aliphatic rings. The van der Waals surface area contributed by atoms with E-state index in [1.165, 1.54) is 0 Å². The Morgan fingerprint density at radius 2 is 1.66 bits per heavy atom. The summed E-state index contributed by atoms with van der Waals surface area (Å²) in [6.45, 7) is 8.61. The van der Waals surface area contributed by atoms with Crippen molar-refractivity contribution in [2.75, 3.05) is 33.3 Å². The summed E-state index contributed by atoms with van der Waals surface area (Å²) in [7, 11) is 1.64. The molecule has 3 rings (SSSR count). The van der Waals surface area contributed by atoms with Crippen LogP contribution in [0.4, 0.5) is 0 Å².